The highest BCUT2D eigenvalue weighted by atomic mass is 15.2. The third kappa shape index (κ3) is 3.81. The molecule has 4 nitrogen and oxygen atoms in total. The van der Waals surface area contributed by atoms with Crippen molar-refractivity contribution in [2.24, 2.45) is 0 Å². The summed E-state index contributed by atoms with van der Waals surface area (Å²) in [6.07, 6.45) is 6.75. The number of hydrogen-bond donors (Lipinski definition) is 0. The molecule has 1 fully saturated rings. The highest BCUT2D eigenvalue weighted by Gasteiger charge is 2.22. The molecular weight excluding hydrogens is 284 g/mol. The first-order valence-corrected chi connectivity index (χ1v) is 8.61. The van der Waals surface area contributed by atoms with Crippen molar-refractivity contribution < 1.29 is 0 Å². The third-order valence-electron chi connectivity index (χ3n) is 4.68. The van der Waals surface area contributed by atoms with Gasteiger partial charge >= 0.3 is 0 Å². The van der Waals surface area contributed by atoms with Gasteiger partial charge in [-0.1, -0.05) is 37.3 Å². The minimum Gasteiger partial charge on any atom is -0.355 e. The summed E-state index contributed by atoms with van der Waals surface area (Å²) in [7, 11) is 2.09. The first-order chi connectivity index (χ1) is 11.3. The largest absolute Gasteiger partial charge is 0.355 e. The van der Waals surface area contributed by atoms with E-state index in [1.165, 1.54) is 31.2 Å². The lowest BCUT2D eigenvalue weighted by Gasteiger charge is -2.36. The van der Waals surface area contributed by atoms with Gasteiger partial charge in [-0.2, -0.15) is 0 Å². The quantitative estimate of drug-likeness (QED) is 0.839. The van der Waals surface area contributed by atoms with Crippen LogP contribution < -0.4 is 9.80 Å². The van der Waals surface area contributed by atoms with Gasteiger partial charge in [0, 0.05) is 32.2 Å². The molecule has 0 aliphatic carbocycles. The molecule has 0 amide bonds. The number of piperidine rings is 1. The maximum Gasteiger partial charge on any atom is 0.134 e. The summed E-state index contributed by atoms with van der Waals surface area (Å²) >= 11 is 0. The number of anilines is 2. The number of benzene rings is 1. The summed E-state index contributed by atoms with van der Waals surface area (Å²) in [4.78, 5) is 13.7. The van der Waals surface area contributed by atoms with Crippen LogP contribution in [0.5, 0.6) is 0 Å². The van der Waals surface area contributed by atoms with E-state index in [1.807, 2.05) is 6.07 Å². The Morgan fingerprint density at radius 3 is 2.78 bits per heavy atom. The maximum atomic E-state index is 4.54. The van der Waals surface area contributed by atoms with Crippen molar-refractivity contribution in [3.05, 3.63) is 48.3 Å². The normalized spacial score (nSPS) is 18.0. The van der Waals surface area contributed by atoms with Crippen LogP contribution in [-0.4, -0.2) is 29.6 Å². The van der Waals surface area contributed by atoms with Crippen molar-refractivity contribution >= 4 is 11.6 Å². The van der Waals surface area contributed by atoms with Gasteiger partial charge in [0.1, 0.15) is 18.0 Å². The molecule has 0 bridgehead atoms. The minimum absolute atomic E-state index is 0.617. The van der Waals surface area contributed by atoms with Crippen molar-refractivity contribution in [2.75, 3.05) is 23.4 Å². The molecule has 0 N–H and O–H groups in total. The van der Waals surface area contributed by atoms with E-state index in [0.717, 1.165) is 24.7 Å². The number of hydrogen-bond acceptors (Lipinski definition) is 4. The van der Waals surface area contributed by atoms with Crippen LogP contribution in [0, 0.1) is 0 Å². The van der Waals surface area contributed by atoms with Crippen molar-refractivity contribution in [1.82, 2.24) is 9.97 Å². The van der Waals surface area contributed by atoms with Gasteiger partial charge in [-0.05, 0) is 31.2 Å². The lowest BCUT2D eigenvalue weighted by Crippen LogP contribution is -2.39. The summed E-state index contributed by atoms with van der Waals surface area (Å²) in [6, 6.07) is 13.3. The second-order valence-corrected chi connectivity index (χ2v) is 6.33. The van der Waals surface area contributed by atoms with Crippen LogP contribution in [0.15, 0.2) is 42.7 Å². The van der Waals surface area contributed by atoms with E-state index >= 15 is 0 Å². The molecule has 1 aromatic carbocycles. The summed E-state index contributed by atoms with van der Waals surface area (Å²) in [6.45, 7) is 4.23. The van der Waals surface area contributed by atoms with E-state index in [1.54, 1.807) is 6.33 Å². The molecule has 1 aliphatic rings. The zero-order valence-corrected chi connectivity index (χ0v) is 14.2. The van der Waals surface area contributed by atoms with Gasteiger partial charge in [0.2, 0.25) is 0 Å². The fraction of sp³-hybridized carbons (Fsp3) is 0.474. The predicted octanol–water partition coefficient (Wildman–Crippen LogP) is 3.88. The van der Waals surface area contributed by atoms with E-state index in [0.29, 0.717) is 6.04 Å². The average molecular weight is 310 g/mol. The SMILES string of the molecule is CCC1CCCCN1c1cc(N(C)Cc2ccccc2)ncn1. The fourth-order valence-corrected chi connectivity index (χ4v) is 3.37. The van der Waals surface area contributed by atoms with Crippen LogP contribution >= 0.6 is 0 Å². The summed E-state index contributed by atoms with van der Waals surface area (Å²) in [5, 5.41) is 0. The van der Waals surface area contributed by atoms with E-state index in [9.17, 15) is 0 Å². The maximum absolute atomic E-state index is 4.54. The third-order valence-corrected chi connectivity index (χ3v) is 4.68. The summed E-state index contributed by atoms with van der Waals surface area (Å²) < 4.78 is 0. The Bertz CT molecular complexity index is 614. The number of nitrogens with zero attached hydrogens (tertiary/aromatic N) is 4. The van der Waals surface area contributed by atoms with Crippen molar-refractivity contribution in [1.29, 1.82) is 0 Å². The molecule has 23 heavy (non-hydrogen) atoms. The van der Waals surface area contributed by atoms with Crippen molar-refractivity contribution in [3.8, 4) is 0 Å². The molecule has 1 saturated heterocycles. The molecule has 1 aromatic heterocycles. The molecule has 1 aliphatic heterocycles. The Hall–Kier alpha value is -2.10. The van der Waals surface area contributed by atoms with Gasteiger partial charge in [-0.25, -0.2) is 9.97 Å². The van der Waals surface area contributed by atoms with Gasteiger partial charge in [0.15, 0.2) is 0 Å². The number of rotatable bonds is 5. The van der Waals surface area contributed by atoms with Crippen LogP contribution in [0.3, 0.4) is 0 Å². The highest BCUT2D eigenvalue weighted by molar-refractivity contribution is 5.50. The van der Waals surface area contributed by atoms with Gasteiger partial charge in [-0.15, -0.1) is 0 Å². The molecule has 1 unspecified atom stereocenters. The molecular formula is C19H26N4. The molecule has 3 rings (SSSR count). The Morgan fingerprint density at radius 1 is 1.17 bits per heavy atom. The Balaban J connectivity index is 1.76. The van der Waals surface area contributed by atoms with E-state index in [4.69, 9.17) is 0 Å². The van der Waals surface area contributed by atoms with Crippen LogP contribution in [-0.2, 0) is 6.54 Å². The Morgan fingerprint density at radius 2 is 2.00 bits per heavy atom. The van der Waals surface area contributed by atoms with Crippen LogP contribution in [0.25, 0.3) is 0 Å². The standard InChI is InChI=1S/C19H26N4/c1-3-17-11-7-8-12-23(17)19-13-18(20-15-21-19)22(2)14-16-9-5-4-6-10-16/h4-6,9-10,13,15,17H,3,7-8,11-12,14H2,1-2H3. The second kappa shape index (κ2) is 7.44. The van der Waals surface area contributed by atoms with Crippen LogP contribution in [0.2, 0.25) is 0 Å². The average Bonchev–Trinajstić information content (AvgIpc) is 2.62. The zero-order chi connectivity index (χ0) is 16.1. The summed E-state index contributed by atoms with van der Waals surface area (Å²) in [5.74, 6) is 2.06. The molecule has 2 aromatic rings. The van der Waals surface area contributed by atoms with Crippen LogP contribution in [0.4, 0.5) is 11.6 Å². The predicted molar refractivity (Wildman–Crippen MR) is 95.9 cm³/mol. The first-order valence-electron chi connectivity index (χ1n) is 8.61. The molecule has 0 spiro atoms. The number of aromatic nitrogens is 2. The van der Waals surface area contributed by atoms with Gasteiger partial charge in [0.05, 0.1) is 0 Å². The van der Waals surface area contributed by atoms with Crippen molar-refractivity contribution in [3.63, 3.8) is 0 Å². The molecule has 0 saturated carbocycles. The molecule has 0 radical (unpaired) electrons. The Kier molecular flexibility index (Phi) is 5.11. The van der Waals surface area contributed by atoms with Crippen molar-refractivity contribution in [2.45, 2.75) is 45.2 Å². The summed E-state index contributed by atoms with van der Waals surface area (Å²) in [5.41, 5.74) is 1.29. The molecule has 1 atom stereocenters. The van der Waals surface area contributed by atoms with E-state index in [2.05, 4.69) is 64.1 Å². The Labute approximate surface area is 139 Å². The van der Waals surface area contributed by atoms with Gasteiger partial charge in [-0.3, -0.25) is 0 Å². The minimum atomic E-state index is 0.617. The van der Waals surface area contributed by atoms with E-state index in [-0.39, 0.29) is 0 Å². The monoisotopic (exact) mass is 310 g/mol. The topological polar surface area (TPSA) is 32.3 Å². The zero-order valence-electron chi connectivity index (χ0n) is 14.2. The van der Waals surface area contributed by atoms with Gasteiger partial charge < -0.3 is 9.80 Å². The molecule has 122 valence electrons. The van der Waals surface area contributed by atoms with Crippen LogP contribution in [0.1, 0.15) is 38.2 Å². The first kappa shape index (κ1) is 15.8. The molecule has 4 heteroatoms. The highest BCUT2D eigenvalue weighted by Crippen LogP contribution is 2.26. The smallest absolute Gasteiger partial charge is 0.134 e. The second-order valence-electron chi connectivity index (χ2n) is 6.33. The van der Waals surface area contributed by atoms with E-state index < -0.39 is 0 Å². The lowest BCUT2D eigenvalue weighted by molar-refractivity contribution is 0.446. The fourth-order valence-electron chi connectivity index (χ4n) is 3.37. The molecule has 2 heterocycles. The lowest BCUT2D eigenvalue weighted by atomic mass is 10.00. The van der Waals surface area contributed by atoms with Gasteiger partial charge in [0.25, 0.3) is 0 Å².